The molecule has 0 amide bonds. The average molecular weight is 306 g/mol. The lowest BCUT2D eigenvalue weighted by Crippen LogP contribution is -1.96. The van der Waals surface area contributed by atoms with Gasteiger partial charge in [-0.15, -0.1) is 0 Å². The van der Waals surface area contributed by atoms with E-state index in [1.807, 2.05) is 60.7 Å². The second-order valence-corrected chi connectivity index (χ2v) is 5.42. The van der Waals surface area contributed by atoms with Crippen molar-refractivity contribution in [3.63, 3.8) is 0 Å². The molecule has 0 unspecified atom stereocenters. The number of Topliss-reactive ketones (excluding diaryl/α,β-unsaturated/α-hetero) is 1. The van der Waals surface area contributed by atoms with Crippen LogP contribution < -0.4 is 9.47 Å². The molecular formula is C20H18O3. The average Bonchev–Trinajstić information content (AvgIpc) is 2.59. The van der Waals surface area contributed by atoms with Gasteiger partial charge in [-0.1, -0.05) is 30.3 Å². The molecule has 3 nitrogen and oxygen atoms in total. The number of benzene rings is 3. The first kappa shape index (κ1) is 15.1. The second kappa shape index (κ2) is 6.53. The number of methoxy groups -OCH3 is 1. The Morgan fingerprint density at radius 3 is 2.22 bits per heavy atom. The first-order valence-corrected chi connectivity index (χ1v) is 7.46. The van der Waals surface area contributed by atoms with Gasteiger partial charge in [0.25, 0.3) is 0 Å². The van der Waals surface area contributed by atoms with Crippen LogP contribution in [0, 0.1) is 0 Å². The molecule has 0 aliphatic heterocycles. The highest BCUT2D eigenvalue weighted by molar-refractivity contribution is 5.98. The molecule has 0 bridgehead atoms. The minimum atomic E-state index is 0.0757. The van der Waals surface area contributed by atoms with Gasteiger partial charge in [0.1, 0.15) is 18.1 Å². The molecular weight excluding hydrogens is 288 g/mol. The van der Waals surface area contributed by atoms with Crippen molar-refractivity contribution in [2.24, 2.45) is 0 Å². The van der Waals surface area contributed by atoms with Crippen LogP contribution in [0.1, 0.15) is 22.8 Å². The number of hydrogen-bond donors (Lipinski definition) is 0. The van der Waals surface area contributed by atoms with Crippen LogP contribution in [0.2, 0.25) is 0 Å². The summed E-state index contributed by atoms with van der Waals surface area (Å²) in [6.45, 7) is 2.08. The summed E-state index contributed by atoms with van der Waals surface area (Å²) in [5, 5.41) is 2.09. The molecule has 0 spiro atoms. The van der Waals surface area contributed by atoms with Crippen molar-refractivity contribution in [2.75, 3.05) is 7.11 Å². The summed E-state index contributed by atoms with van der Waals surface area (Å²) in [5.41, 5.74) is 1.81. The van der Waals surface area contributed by atoms with Gasteiger partial charge in [-0.2, -0.15) is 0 Å². The normalized spacial score (nSPS) is 10.5. The monoisotopic (exact) mass is 306 g/mol. The third-order valence-electron chi connectivity index (χ3n) is 3.78. The lowest BCUT2D eigenvalue weighted by molar-refractivity contribution is 0.101. The van der Waals surface area contributed by atoms with Crippen molar-refractivity contribution in [1.82, 2.24) is 0 Å². The first-order chi connectivity index (χ1) is 11.2. The number of ketones is 1. The van der Waals surface area contributed by atoms with Gasteiger partial charge in [-0.05, 0) is 53.6 Å². The van der Waals surface area contributed by atoms with Crippen LogP contribution in [0.25, 0.3) is 10.8 Å². The molecule has 116 valence electrons. The van der Waals surface area contributed by atoms with Crippen molar-refractivity contribution in [1.29, 1.82) is 0 Å². The van der Waals surface area contributed by atoms with Crippen molar-refractivity contribution in [2.45, 2.75) is 13.5 Å². The van der Waals surface area contributed by atoms with E-state index in [0.717, 1.165) is 33.4 Å². The standard InChI is InChI=1S/C20H18O3/c1-14(21)16-5-6-18-12-20(10-7-17(18)11-16)23-13-15-3-8-19(22-2)9-4-15/h3-12H,13H2,1-2H3. The zero-order valence-corrected chi connectivity index (χ0v) is 13.2. The fourth-order valence-corrected chi connectivity index (χ4v) is 2.42. The van der Waals surface area contributed by atoms with E-state index in [2.05, 4.69) is 0 Å². The second-order valence-electron chi connectivity index (χ2n) is 5.42. The van der Waals surface area contributed by atoms with Crippen LogP contribution in [0.15, 0.2) is 60.7 Å². The van der Waals surface area contributed by atoms with E-state index in [4.69, 9.17) is 9.47 Å². The molecule has 0 aliphatic rings. The van der Waals surface area contributed by atoms with Crippen molar-refractivity contribution in [3.05, 3.63) is 71.8 Å². The lowest BCUT2D eigenvalue weighted by Gasteiger charge is -2.08. The number of carbonyl (C=O) groups excluding carboxylic acids is 1. The van der Waals surface area contributed by atoms with E-state index in [0.29, 0.717) is 6.61 Å². The van der Waals surface area contributed by atoms with Crippen LogP contribution in [-0.4, -0.2) is 12.9 Å². The Bertz CT molecular complexity index is 835. The van der Waals surface area contributed by atoms with Crippen LogP contribution in [0.4, 0.5) is 0 Å². The number of rotatable bonds is 5. The van der Waals surface area contributed by atoms with Crippen LogP contribution in [0.3, 0.4) is 0 Å². The third-order valence-corrected chi connectivity index (χ3v) is 3.78. The van der Waals surface area contributed by atoms with Crippen LogP contribution >= 0.6 is 0 Å². The Morgan fingerprint density at radius 2 is 1.52 bits per heavy atom. The molecule has 0 aromatic heterocycles. The predicted octanol–water partition coefficient (Wildman–Crippen LogP) is 4.63. The van der Waals surface area contributed by atoms with Gasteiger partial charge in [-0.3, -0.25) is 4.79 Å². The zero-order chi connectivity index (χ0) is 16.2. The smallest absolute Gasteiger partial charge is 0.159 e. The topological polar surface area (TPSA) is 35.5 Å². The van der Waals surface area contributed by atoms with Crippen molar-refractivity contribution < 1.29 is 14.3 Å². The summed E-state index contributed by atoms with van der Waals surface area (Å²) < 4.78 is 11.0. The summed E-state index contributed by atoms with van der Waals surface area (Å²) in [5.74, 6) is 1.72. The molecule has 0 heterocycles. The van der Waals surface area contributed by atoms with E-state index in [-0.39, 0.29) is 5.78 Å². The largest absolute Gasteiger partial charge is 0.497 e. The fraction of sp³-hybridized carbons (Fsp3) is 0.150. The molecule has 3 aromatic rings. The van der Waals surface area contributed by atoms with E-state index < -0.39 is 0 Å². The van der Waals surface area contributed by atoms with Crippen molar-refractivity contribution in [3.8, 4) is 11.5 Å². The van der Waals surface area contributed by atoms with Gasteiger partial charge in [0.2, 0.25) is 0 Å². The number of fused-ring (bicyclic) bond motifs is 1. The molecule has 0 N–H and O–H groups in total. The summed E-state index contributed by atoms with van der Waals surface area (Å²) in [7, 11) is 1.65. The summed E-state index contributed by atoms with van der Waals surface area (Å²) >= 11 is 0. The Kier molecular flexibility index (Phi) is 4.29. The minimum absolute atomic E-state index is 0.0757. The molecule has 23 heavy (non-hydrogen) atoms. The highest BCUT2D eigenvalue weighted by Gasteiger charge is 2.03. The Hall–Kier alpha value is -2.81. The van der Waals surface area contributed by atoms with E-state index in [9.17, 15) is 4.79 Å². The molecule has 3 heteroatoms. The maximum Gasteiger partial charge on any atom is 0.159 e. The van der Waals surface area contributed by atoms with Gasteiger partial charge in [0, 0.05) is 5.56 Å². The van der Waals surface area contributed by atoms with E-state index >= 15 is 0 Å². The minimum Gasteiger partial charge on any atom is -0.497 e. The van der Waals surface area contributed by atoms with E-state index in [1.165, 1.54) is 0 Å². The zero-order valence-electron chi connectivity index (χ0n) is 13.2. The molecule has 0 radical (unpaired) electrons. The van der Waals surface area contributed by atoms with Crippen molar-refractivity contribution >= 4 is 16.6 Å². The quantitative estimate of drug-likeness (QED) is 0.645. The number of hydrogen-bond acceptors (Lipinski definition) is 3. The highest BCUT2D eigenvalue weighted by atomic mass is 16.5. The molecule has 0 saturated heterocycles. The van der Waals surface area contributed by atoms with Crippen LogP contribution in [-0.2, 0) is 6.61 Å². The number of ether oxygens (including phenoxy) is 2. The van der Waals surface area contributed by atoms with Gasteiger partial charge in [0.15, 0.2) is 5.78 Å². The Balaban J connectivity index is 1.75. The fourth-order valence-electron chi connectivity index (χ4n) is 2.42. The highest BCUT2D eigenvalue weighted by Crippen LogP contribution is 2.23. The molecule has 3 aromatic carbocycles. The van der Waals surface area contributed by atoms with Gasteiger partial charge < -0.3 is 9.47 Å². The SMILES string of the molecule is COc1ccc(COc2ccc3cc(C(C)=O)ccc3c2)cc1. The maximum absolute atomic E-state index is 11.4. The molecule has 0 atom stereocenters. The molecule has 3 rings (SSSR count). The summed E-state index contributed by atoms with van der Waals surface area (Å²) in [4.78, 5) is 11.4. The van der Waals surface area contributed by atoms with Gasteiger partial charge >= 0.3 is 0 Å². The third kappa shape index (κ3) is 3.51. The first-order valence-electron chi connectivity index (χ1n) is 7.46. The molecule has 0 saturated carbocycles. The maximum atomic E-state index is 11.4. The Morgan fingerprint density at radius 1 is 0.870 bits per heavy atom. The number of carbonyl (C=O) groups is 1. The van der Waals surface area contributed by atoms with Gasteiger partial charge in [0.05, 0.1) is 7.11 Å². The summed E-state index contributed by atoms with van der Waals surface area (Å²) in [6.07, 6.45) is 0. The van der Waals surface area contributed by atoms with E-state index in [1.54, 1.807) is 14.0 Å². The Labute approximate surface area is 135 Å². The molecule has 0 fully saturated rings. The summed E-state index contributed by atoms with van der Waals surface area (Å²) in [6, 6.07) is 19.4. The molecule has 0 aliphatic carbocycles. The lowest BCUT2D eigenvalue weighted by atomic mass is 10.0. The van der Waals surface area contributed by atoms with Gasteiger partial charge in [-0.25, -0.2) is 0 Å². The predicted molar refractivity (Wildman–Crippen MR) is 91.3 cm³/mol. The van der Waals surface area contributed by atoms with Crippen LogP contribution in [0.5, 0.6) is 11.5 Å².